The van der Waals surface area contributed by atoms with Crippen LogP contribution in [-0.2, 0) is 4.74 Å². The molecule has 30 heavy (non-hydrogen) atoms. The Morgan fingerprint density at radius 3 is 2.63 bits per heavy atom. The second kappa shape index (κ2) is 9.95. The average molecular weight is 430 g/mol. The van der Waals surface area contributed by atoms with Gasteiger partial charge in [0.25, 0.3) is 5.22 Å². The van der Waals surface area contributed by atoms with Crippen molar-refractivity contribution in [3.8, 4) is 17.2 Å². The summed E-state index contributed by atoms with van der Waals surface area (Å²) in [5.74, 6) is 1.47. The monoisotopic (exact) mass is 429 g/mol. The molecule has 0 bridgehead atoms. The van der Waals surface area contributed by atoms with Crippen molar-refractivity contribution in [3.05, 3.63) is 47.3 Å². The lowest BCUT2D eigenvalue weighted by Gasteiger charge is -2.17. The third-order valence-corrected chi connectivity index (χ3v) is 5.60. The highest BCUT2D eigenvalue weighted by atomic mass is 32.2. The van der Waals surface area contributed by atoms with Gasteiger partial charge in [0, 0.05) is 29.6 Å². The van der Waals surface area contributed by atoms with Gasteiger partial charge in [0.2, 0.25) is 5.89 Å². The second-order valence-corrected chi connectivity index (χ2v) is 7.93. The fraction of sp³-hybridized carbons (Fsp3) is 0.409. The Balaban J connectivity index is 1.65. The predicted octanol–water partition coefficient (Wildman–Crippen LogP) is 4.74. The summed E-state index contributed by atoms with van der Waals surface area (Å²) in [6, 6.07) is 9.56. The molecule has 7 nitrogen and oxygen atoms in total. The molecule has 160 valence electrons. The van der Waals surface area contributed by atoms with Crippen LogP contribution in [0.3, 0.4) is 0 Å². The molecule has 1 atom stereocenters. The van der Waals surface area contributed by atoms with Crippen molar-refractivity contribution in [2.24, 2.45) is 0 Å². The van der Waals surface area contributed by atoms with Gasteiger partial charge in [-0.1, -0.05) is 11.8 Å². The molecule has 0 radical (unpaired) electrons. The smallest absolute Gasteiger partial charge is 0.277 e. The Hall–Kier alpha value is -2.58. The third kappa shape index (κ3) is 4.94. The van der Waals surface area contributed by atoms with Crippen molar-refractivity contribution in [2.75, 3.05) is 26.1 Å². The summed E-state index contributed by atoms with van der Waals surface area (Å²) < 4.78 is 18.5. The molecule has 0 fully saturated rings. The molecule has 0 aliphatic rings. The summed E-state index contributed by atoms with van der Waals surface area (Å²) in [4.78, 5) is 12.8. The molecule has 2 aromatic heterocycles. The predicted molar refractivity (Wildman–Crippen MR) is 116 cm³/mol. The molecule has 8 heteroatoms. The first kappa shape index (κ1) is 22.1. The molecular formula is C22H27N3O4S. The van der Waals surface area contributed by atoms with E-state index in [1.807, 2.05) is 51.1 Å². The maximum Gasteiger partial charge on any atom is 0.277 e. The lowest BCUT2D eigenvalue weighted by molar-refractivity contribution is 0.102. The number of aromatic nitrogens is 3. The fourth-order valence-corrected chi connectivity index (χ4v) is 4.15. The van der Waals surface area contributed by atoms with Crippen LogP contribution in [-0.4, -0.2) is 46.6 Å². The number of Topliss-reactive ketones (excluding diaryl/α,β-unsaturated/α-hetero) is 1. The van der Waals surface area contributed by atoms with E-state index in [9.17, 15) is 4.79 Å². The number of carbonyl (C=O) groups is 1. The summed E-state index contributed by atoms with van der Waals surface area (Å²) in [5, 5.41) is 8.51. The minimum absolute atomic E-state index is 0.0322. The van der Waals surface area contributed by atoms with Crippen LogP contribution in [0.15, 0.2) is 40.0 Å². The Bertz CT molecular complexity index is 994. The molecule has 0 aliphatic carbocycles. The summed E-state index contributed by atoms with van der Waals surface area (Å²) in [6.45, 7) is 9.19. The standard InChI is InChI=1S/C22H27N3O4S/c1-6-28-18-9-7-17(8-10-18)21-23-24-22(29-21)30-13-20(26)19-11-14(2)25(16(19)4)15(3)12-27-5/h7-11,15H,6,12-13H2,1-5H3. The molecule has 0 N–H and O–H groups in total. The highest BCUT2D eigenvalue weighted by Crippen LogP contribution is 2.27. The Labute approximate surface area is 180 Å². The van der Waals surface area contributed by atoms with Gasteiger partial charge in [-0.15, -0.1) is 10.2 Å². The number of hydrogen-bond donors (Lipinski definition) is 0. The van der Waals surface area contributed by atoms with E-state index >= 15 is 0 Å². The van der Waals surface area contributed by atoms with Crippen LogP contribution in [0.2, 0.25) is 0 Å². The van der Waals surface area contributed by atoms with Crippen LogP contribution in [0.5, 0.6) is 5.75 Å². The van der Waals surface area contributed by atoms with Gasteiger partial charge in [-0.2, -0.15) is 0 Å². The van der Waals surface area contributed by atoms with Crippen molar-refractivity contribution in [1.29, 1.82) is 0 Å². The molecule has 1 aromatic carbocycles. The second-order valence-electron chi connectivity index (χ2n) is 7.00. The molecule has 1 unspecified atom stereocenters. The van der Waals surface area contributed by atoms with Crippen LogP contribution < -0.4 is 4.74 Å². The Morgan fingerprint density at radius 2 is 1.97 bits per heavy atom. The van der Waals surface area contributed by atoms with E-state index in [0.717, 1.165) is 22.7 Å². The van der Waals surface area contributed by atoms with Gasteiger partial charge >= 0.3 is 0 Å². The first-order chi connectivity index (χ1) is 14.4. The van der Waals surface area contributed by atoms with Crippen LogP contribution >= 0.6 is 11.8 Å². The van der Waals surface area contributed by atoms with Gasteiger partial charge in [-0.25, -0.2) is 0 Å². The molecule has 0 spiro atoms. The van der Waals surface area contributed by atoms with Crippen LogP contribution in [0.4, 0.5) is 0 Å². The largest absolute Gasteiger partial charge is 0.494 e. The quantitative estimate of drug-likeness (QED) is 0.340. The van der Waals surface area contributed by atoms with E-state index in [0.29, 0.717) is 29.9 Å². The van der Waals surface area contributed by atoms with Gasteiger partial charge < -0.3 is 18.5 Å². The number of methoxy groups -OCH3 is 1. The van der Waals surface area contributed by atoms with Crippen LogP contribution in [0, 0.1) is 13.8 Å². The number of benzene rings is 1. The number of carbonyl (C=O) groups excluding carboxylic acids is 1. The zero-order valence-electron chi connectivity index (χ0n) is 18.0. The first-order valence-corrected chi connectivity index (χ1v) is 10.8. The highest BCUT2D eigenvalue weighted by Gasteiger charge is 2.20. The summed E-state index contributed by atoms with van der Waals surface area (Å²) in [5.41, 5.74) is 3.51. The Morgan fingerprint density at radius 1 is 1.23 bits per heavy atom. The van der Waals surface area contributed by atoms with Gasteiger partial charge in [-0.05, 0) is 58.0 Å². The molecular weight excluding hydrogens is 402 g/mol. The topological polar surface area (TPSA) is 79.4 Å². The van der Waals surface area contributed by atoms with Crippen molar-refractivity contribution in [3.63, 3.8) is 0 Å². The summed E-state index contributed by atoms with van der Waals surface area (Å²) >= 11 is 1.24. The minimum atomic E-state index is 0.0322. The summed E-state index contributed by atoms with van der Waals surface area (Å²) in [6.07, 6.45) is 0. The van der Waals surface area contributed by atoms with E-state index in [1.165, 1.54) is 11.8 Å². The van der Waals surface area contributed by atoms with E-state index in [-0.39, 0.29) is 17.6 Å². The van der Waals surface area contributed by atoms with Crippen LogP contribution in [0.25, 0.3) is 11.5 Å². The molecule has 2 heterocycles. The SMILES string of the molecule is CCOc1ccc(-c2nnc(SCC(=O)c3cc(C)n(C(C)COC)c3C)o2)cc1. The normalized spacial score (nSPS) is 12.2. The minimum Gasteiger partial charge on any atom is -0.494 e. The van der Waals surface area contributed by atoms with Gasteiger partial charge in [0.15, 0.2) is 5.78 Å². The number of aryl methyl sites for hydroxylation is 1. The zero-order chi connectivity index (χ0) is 21.7. The van der Waals surface area contributed by atoms with E-state index < -0.39 is 0 Å². The number of rotatable bonds is 10. The van der Waals surface area contributed by atoms with E-state index in [4.69, 9.17) is 13.9 Å². The van der Waals surface area contributed by atoms with E-state index in [2.05, 4.69) is 21.7 Å². The highest BCUT2D eigenvalue weighted by molar-refractivity contribution is 7.99. The lowest BCUT2D eigenvalue weighted by Crippen LogP contribution is -2.14. The first-order valence-electron chi connectivity index (χ1n) is 9.84. The molecule has 0 amide bonds. The third-order valence-electron chi connectivity index (χ3n) is 4.78. The maximum absolute atomic E-state index is 12.8. The van der Waals surface area contributed by atoms with Crippen molar-refractivity contribution >= 4 is 17.5 Å². The number of ketones is 1. The number of nitrogens with zero attached hydrogens (tertiary/aromatic N) is 3. The molecule has 3 rings (SSSR count). The Kier molecular flexibility index (Phi) is 7.33. The zero-order valence-corrected chi connectivity index (χ0v) is 18.8. The molecule has 0 saturated heterocycles. The van der Waals surface area contributed by atoms with Gasteiger partial charge in [0.05, 0.1) is 25.0 Å². The molecule has 0 saturated carbocycles. The van der Waals surface area contributed by atoms with Crippen molar-refractivity contribution in [2.45, 2.75) is 39.0 Å². The fourth-order valence-electron chi connectivity index (χ4n) is 3.50. The van der Waals surface area contributed by atoms with Crippen LogP contribution in [0.1, 0.15) is 41.6 Å². The molecule has 0 aliphatic heterocycles. The maximum atomic E-state index is 12.8. The lowest BCUT2D eigenvalue weighted by atomic mass is 10.2. The molecule has 3 aromatic rings. The van der Waals surface area contributed by atoms with Crippen molar-refractivity contribution < 1.29 is 18.7 Å². The average Bonchev–Trinajstić information content (AvgIpc) is 3.31. The van der Waals surface area contributed by atoms with Gasteiger partial charge in [-0.3, -0.25) is 4.79 Å². The van der Waals surface area contributed by atoms with Gasteiger partial charge in [0.1, 0.15) is 5.75 Å². The number of hydrogen-bond acceptors (Lipinski definition) is 7. The van der Waals surface area contributed by atoms with E-state index in [1.54, 1.807) is 7.11 Å². The van der Waals surface area contributed by atoms with Crippen molar-refractivity contribution in [1.82, 2.24) is 14.8 Å². The number of ether oxygens (including phenoxy) is 2. The number of thioether (sulfide) groups is 1. The summed E-state index contributed by atoms with van der Waals surface area (Å²) in [7, 11) is 1.68.